The number of carboxylic acid groups (broad SMARTS) is 1. The number of rotatable bonds is 3. The molecule has 6 heteroatoms. The second-order valence-electron chi connectivity index (χ2n) is 7.64. The Morgan fingerprint density at radius 2 is 1.85 bits per heavy atom. The Morgan fingerprint density at radius 3 is 2.54 bits per heavy atom. The van der Waals surface area contributed by atoms with E-state index < -0.39 is 17.6 Å². The van der Waals surface area contributed by atoms with Crippen LogP contribution in [-0.2, 0) is 4.79 Å². The van der Waals surface area contributed by atoms with E-state index in [1.54, 1.807) is 0 Å². The Balaban J connectivity index is 1.79. The SMILES string of the molecule is CC(C)(C)NC(=O)N1CC(Oc2cccc3ccccc23)C[C@H]1C(=O)O. The lowest BCUT2D eigenvalue weighted by atomic mass is 10.1. The molecule has 1 fully saturated rings. The Bertz CT molecular complexity index is 823. The highest BCUT2D eigenvalue weighted by Crippen LogP contribution is 2.29. The van der Waals surface area contributed by atoms with Crippen molar-refractivity contribution in [3.05, 3.63) is 42.5 Å². The number of nitrogens with one attached hydrogen (secondary N) is 1. The van der Waals surface area contributed by atoms with Crippen LogP contribution in [-0.4, -0.2) is 46.2 Å². The smallest absolute Gasteiger partial charge is 0.326 e. The average molecular weight is 356 g/mol. The molecular weight excluding hydrogens is 332 g/mol. The van der Waals surface area contributed by atoms with Crippen LogP contribution in [0.4, 0.5) is 4.79 Å². The molecule has 0 saturated carbocycles. The molecule has 0 aromatic heterocycles. The largest absolute Gasteiger partial charge is 0.488 e. The zero-order valence-corrected chi connectivity index (χ0v) is 15.2. The van der Waals surface area contributed by atoms with Crippen molar-refractivity contribution < 1.29 is 19.4 Å². The maximum atomic E-state index is 12.5. The Hall–Kier alpha value is -2.76. The van der Waals surface area contributed by atoms with Gasteiger partial charge in [0.05, 0.1) is 6.54 Å². The first-order valence-electron chi connectivity index (χ1n) is 8.70. The minimum Gasteiger partial charge on any atom is -0.488 e. The van der Waals surface area contributed by atoms with Crippen LogP contribution in [0.5, 0.6) is 5.75 Å². The van der Waals surface area contributed by atoms with Gasteiger partial charge in [-0.25, -0.2) is 9.59 Å². The lowest BCUT2D eigenvalue weighted by Gasteiger charge is -2.27. The number of benzene rings is 2. The van der Waals surface area contributed by atoms with Gasteiger partial charge in [0.15, 0.2) is 0 Å². The third kappa shape index (κ3) is 3.90. The number of carbonyl (C=O) groups excluding carboxylic acids is 1. The van der Waals surface area contributed by atoms with Crippen LogP contribution in [0.25, 0.3) is 10.8 Å². The van der Waals surface area contributed by atoms with Crippen LogP contribution in [0.1, 0.15) is 27.2 Å². The first-order valence-corrected chi connectivity index (χ1v) is 8.70. The van der Waals surface area contributed by atoms with Gasteiger partial charge in [-0.3, -0.25) is 0 Å². The van der Waals surface area contributed by atoms with Gasteiger partial charge in [-0.05, 0) is 32.2 Å². The Labute approximate surface area is 152 Å². The second kappa shape index (κ2) is 6.86. The van der Waals surface area contributed by atoms with E-state index in [9.17, 15) is 14.7 Å². The van der Waals surface area contributed by atoms with E-state index in [1.807, 2.05) is 63.2 Å². The van der Waals surface area contributed by atoms with Gasteiger partial charge in [0.25, 0.3) is 0 Å². The molecule has 0 radical (unpaired) electrons. The predicted molar refractivity (Wildman–Crippen MR) is 99.4 cm³/mol. The van der Waals surface area contributed by atoms with Crippen molar-refractivity contribution in [3.63, 3.8) is 0 Å². The number of hydrogen-bond acceptors (Lipinski definition) is 3. The van der Waals surface area contributed by atoms with E-state index in [4.69, 9.17) is 4.74 Å². The number of urea groups is 1. The van der Waals surface area contributed by atoms with Gasteiger partial charge in [-0.15, -0.1) is 0 Å². The fourth-order valence-corrected chi connectivity index (χ4v) is 3.21. The molecule has 6 nitrogen and oxygen atoms in total. The molecule has 1 saturated heterocycles. The summed E-state index contributed by atoms with van der Waals surface area (Å²) in [6.07, 6.45) is -0.108. The van der Waals surface area contributed by atoms with Gasteiger partial charge >= 0.3 is 12.0 Å². The molecular formula is C20H24N2O4. The first kappa shape index (κ1) is 18.0. The topological polar surface area (TPSA) is 78.9 Å². The maximum Gasteiger partial charge on any atom is 0.326 e. The summed E-state index contributed by atoms with van der Waals surface area (Å²) in [6.45, 7) is 5.82. The number of carboxylic acids is 1. The summed E-state index contributed by atoms with van der Waals surface area (Å²) in [6, 6.07) is 12.4. The van der Waals surface area contributed by atoms with Crippen molar-refractivity contribution >= 4 is 22.8 Å². The van der Waals surface area contributed by atoms with Crippen LogP contribution in [0.3, 0.4) is 0 Å². The van der Waals surface area contributed by atoms with Crippen LogP contribution in [0.15, 0.2) is 42.5 Å². The summed E-state index contributed by atoms with van der Waals surface area (Å²) in [5, 5.41) is 14.4. The standard InChI is InChI=1S/C20H24N2O4/c1-20(2,3)21-19(25)22-12-14(11-16(22)18(23)24)26-17-10-6-8-13-7-4-5-9-15(13)17/h4-10,14,16H,11-12H2,1-3H3,(H,21,25)(H,23,24)/t14?,16-/m0/s1. The zero-order chi connectivity index (χ0) is 18.9. The highest BCUT2D eigenvalue weighted by Gasteiger charge is 2.41. The quantitative estimate of drug-likeness (QED) is 0.885. The highest BCUT2D eigenvalue weighted by molar-refractivity contribution is 5.88. The normalized spacial score (nSPS) is 20.2. The lowest BCUT2D eigenvalue weighted by molar-refractivity contribution is -0.141. The van der Waals surface area contributed by atoms with Gasteiger partial charge in [-0.1, -0.05) is 36.4 Å². The number of carbonyl (C=O) groups is 2. The Kier molecular flexibility index (Phi) is 4.76. The van der Waals surface area contributed by atoms with Crippen molar-refractivity contribution in [2.45, 2.75) is 44.9 Å². The molecule has 2 aromatic rings. The minimum atomic E-state index is -1.02. The van der Waals surface area contributed by atoms with Crippen molar-refractivity contribution in [1.82, 2.24) is 10.2 Å². The number of hydrogen-bond donors (Lipinski definition) is 2. The highest BCUT2D eigenvalue weighted by atomic mass is 16.5. The molecule has 138 valence electrons. The average Bonchev–Trinajstić information content (AvgIpc) is 2.98. The number of likely N-dealkylation sites (tertiary alicyclic amines) is 1. The van der Waals surface area contributed by atoms with Gasteiger partial charge in [0, 0.05) is 17.3 Å². The molecule has 3 rings (SSSR count). The molecule has 2 aromatic carbocycles. The van der Waals surface area contributed by atoms with Gasteiger partial charge in [0.2, 0.25) is 0 Å². The number of fused-ring (bicyclic) bond motifs is 1. The summed E-state index contributed by atoms with van der Waals surface area (Å²) in [4.78, 5) is 25.4. The molecule has 1 aliphatic rings. The predicted octanol–water partition coefficient (Wildman–Crippen LogP) is 3.25. The zero-order valence-electron chi connectivity index (χ0n) is 15.2. The molecule has 0 aliphatic carbocycles. The van der Waals surface area contributed by atoms with Gasteiger partial charge < -0.3 is 20.1 Å². The molecule has 0 bridgehead atoms. The third-order valence-corrected chi connectivity index (χ3v) is 4.33. The number of amides is 2. The molecule has 1 heterocycles. The van der Waals surface area contributed by atoms with Crippen molar-refractivity contribution in [1.29, 1.82) is 0 Å². The summed E-state index contributed by atoms with van der Waals surface area (Å²) in [5.41, 5.74) is -0.436. The molecule has 2 N–H and O–H groups in total. The van der Waals surface area contributed by atoms with E-state index in [0.717, 1.165) is 10.8 Å². The summed E-state index contributed by atoms with van der Waals surface area (Å²) in [5.74, 6) is -0.312. The van der Waals surface area contributed by atoms with E-state index >= 15 is 0 Å². The van der Waals surface area contributed by atoms with Crippen LogP contribution in [0, 0.1) is 0 Å². The van der Waals surface area contributed by atoms with Crippen molar-refractivity contribution in [2.75, 3.05) is 6.54 Å². The third-order valence-electron chi connectivity index (χ3n) is 4.33. The van der Waals surface area contributed by atoms with E-state index in [1.165, 1.54) is 4.90 Å². The minimum absolute atomic E-state index is 0.238. The van der Waals surface area contributed by atoms with E-state index in [2.05, 4.69) is 5.32 Å². The fraction of sp³-hybridized carbons (Fsp3) is 0.400. The molecule has 26 heavy (non-hydrogen) atoms. The van der Waals surface area contributed by atoms with Crippen molar-refractivity contribution in [3.8, 4) is 5.75 Å². The Morgan fingerprint density at radius 1 is 1.15 bits per heavy atom. The van der Waals surface area contributed by atoms with Gasteiger partial charge in [-0.2, -0.15) is 0 Å². The number of aliphatic carboxylic acids is 1. The monoisotopic (exact) mass is 356 g/mol. The number of nitrogens with zero attached hydrogens (tertiary/aromatic N) is 1. The van der Waals surface area contributed by atoms with Gasteiger partial charge in [0.1, 0.15) is 17.9 Å². The summed E-state index contributed by atoms with van der Waals surface area (Å²) >= 11 is 0. The number of ether oxygens (including phenoxy) is 1. The fourth-order valence-electron chi connectivity index (χ4n) is 3.21. The van der Waals surface area contributed by atoms with Crippen LogP contribution in [0.2, 0.25) is 0 Å². The molecule has 0 spiro atoms. The maximum absolute atomic E-state index is 12.5. The lowest BCUT2D eigenvalue weighted by Crippen LogP contribution is -2.51. The van der Waals surface area contributed by atoms with E-state index in [-0.39, 0.29) is 25.1 Å². The second-order valence-corrected chi connectivity index (χ2v) is 7.64. The summed E-state index contributed by atoms with van der Waals surface area (Å²) in [7, 11) is 0. The molecule has 1 aliphatic heterocycles. The first-order chi connectivity index (χ1) is 12.2. The van der Waals surface area contributed by atoms with Crippen LogP contribution >= 0.6 is 0 Å². The van der Waals surface area contributed by atoms with Crippen molar-refractivity contribution in [2.24, 2.45) is 0 Å². The van der Waals surface area contributed by atoms with Crippen LogP contribution < -0.4 is 10.1 Å². The molecule has 2 amide bonds. The van der Waals surface area contributed by atoms with E-state index in [0.29, 0.717) is 5.75 Å². The summed E-state index contributed by atoms with van der Waals surface area (Å²) < 4.78 is 6.09. The molecule has 2 atom stereocenters. The molecule has 1 unspecified atom stereocenters.